The smallest absolute Gasteiger partial charge is 0.407 e. The number of nitrogens with one attached hydrogen (secondary N) is 3. The van der Waals surface area contributed by atoms with Crippen molar-refractivity contribution in [2.75, 3.05) is 39.3 Å². The molecule has 0 radical (unpaired) electrons. The van der Waals surface area contributed by atoms with Crippen molar-refractivity contribution in [3.05, 3.63) is 35.4 Å². The van der Waals surface area contributed by atoms with Crippen LogP contribution in [0.4, 0.5) is 4.79 Å². The molecule has 1 aliphatic heterocycles. The summed E-state index contributed by atoms with van der Waals surface area (Å²) in [5.41, 5.74) is 2.01. The third-order valence-corrected chi connectivity index (χ3v) is 4.80. The lowest BCUT2D eigenvalue weighted by Gasteiger charge is -2.31. The van der Waals surface area contributed by atoms with Crippen molar-refractivity contribution in [2.24, 2.45) is 4.99 Å². The minimum absolute atomic E-state index is 0.296. The van der Waals surface area contributed by atoms with E-state index in [4.69, 9.17) is 14.5 Å². The fraction of sp³-hybridized carbons (Fsp3) is 0.667. The minimum Gasteiger partial charge on any atom is -0.444 e. The lowest BCUT2D eigenvalue weighted by atomic mass is 10.1. The highest BCUT2D eigenvalue weighted by Gasteiger charge is 2.17. The zero-order valence-corrected chi connectivity index (χ0v) is 20.4. The number of guanidine groups is 1. The number of alkyl carbamates (subject to hydrolysis) is 1. The van der Waals surface area contributed by atoms with E-state index in [9.17, 15) is 4.79 Å². The molecule has 0 aromatic heterocycles. The Labute approximate surface area is 193 Å². The Bertz CT molecular complexity index is 733. The zero-order valence-electron chi connectivity index (χ0n) is 20.4. The van der Waals surface area contributed by atoms with E-state index in [0.717, 1.165) is 45.2 Å². The second kappa shape index (κ2) is 13.3. The number of carbonyl (C=O) groups excluding carboxylic acids is 1. The molecule has 1 aromatic carbocycles. The molecular weight excluding hydrogens is 406 g/mol. The number of amides is 1. The van der Waals surface area contributed by atoms with E-state index >= 15 is 0 Å². The van der Waals surface area contributed by atoms with Crippen molar-refractivity contribution in [2.45, 2.75) is 65.8 Å². The summed E-state index contributed by atoms with van der Waals surface area (Å²) >= 11 is 0. The van der Waals surface area contributed by atoms with E-state index in [0.29, 0.717) is 25.7 Å². The molecule has 0 aliphatic carbocycles. The molecule has 1 aliphatic rings. The molecule has 1 aromatic rings. The normalized spacial score (nSPS) is 17.7. The summed E-state index contributed by atoms with van der Waals surface area (Å²) in [6, 6.07) is 8.63. The lowest BCUT2D eigenvalue weighted by Crippen LogP contribution is -2.40. The fourth-order valence-corrected chi connectivity index (χ4v) is 3.43. The predicted octanol–water partition coefficient (Wildman–Crippen LogP) is 2.88. The first-order valence-electron chi connectivity index (χ1n) is 11.7. The molecule has 2 rings (SSSR count). The van der Waals surface area contributed by atoms with Crippen molar-refractivity contribution in [1.29, 1.82) is 0 Å². The van der Waals surface area contributed by atoms with Gasteiger partial charge >= 0.3 is 6.09 Å². The first kappa shape index (κ1) is 25.9. The highest BCUT2D eigenvalue weighted by atomic mass is 16.6. The van der Waals surface area contributed by atoms with Crippen LogP contribution in [0, 0.1) is 0 Å². The topological polar surface area (TPSA) is 87.2 Å². The molecule has 180 valence electrons. The summed E-state index contributed by atoms with van der Waals surface area (Å²) in [5, 5.41) is 9.37. The SMILES string of the molecule is CCNC(=NCc1cccc(CN2CCOC(C)C2)c1)NCCCNC(=O)OC(C)(C)C. The molecule has 1 fully saturated rings. The Morgan fingerprint density at radius 3 is 2.69 bits per heavy atom. The summed E-state index contributed by atoms with van der Waals surface area (Å²) in [5.74, 6) is 0.775. The van der Waals surface area contributed by atoms with Gasteiger partial charge in [-0.25, -0.2) is 9.79 Å². The average Bonchev–Trinajstić information content (AvgIpc) is 2.70. The van der Waals surface area contributed by atoms with Gasteiger partial charge in [-0.1, -0.05) is 24.3 Å². The molecule has 1 amide bonds. The van der Waals surface area contributed by atoms with Crippen molar-refractivity contribution < 1.29 is 14.3 Å². The largest absolute Gasteiger partial charge is 0.444 e. The molecule has 8 nitrogen and oxygen atoms in total. The van der Waals surface area contributed by atoms with Gasteiger partial charge < -0.3 is 25.4 Å². The molecule has 1 atom stereocenters. The van der Waals surface area contributed by atoms with Gasteiger partial charge in [0, 0.05) is 39.3 Å². The molecule has 1 saturated heterocycles. The van der Waals surface area contributed by atoms with Crippen molar-refractivity contribution in [3.63, 3.8) is 0 Å². The van der Waals surface area contributed by atoms with Crippen LogP contribution in [0.15, 0.2) is 29.3 Å². The Hall–Kier alpha value is -2.32. The van der Waals surface area contributed by atoms with Crippen LogP contribution in [-0.4, -0.2) is 68.0 Å². The fourth-order valence-electron chi connectivity index (χ4n) is 3.43. The number of morpholine rings is 1. The second-order valence-corrected chi connectivity index (χ2v) is 9.14. The van der Waals surface area contributed by atoms with Gasteiger partial charge in [0.1, 0.15) is 5.60 Å². The van der Waals surface area contributed by atoms with Crippen LogP contribution >= 0.6 is 0 Å². The highest BCUT2D eigenvalue weighted by molar-refractivity contribution is 5.79. The maximum Gasteiger partial charge on any atom is 0.407 e. The van der Waals surface area contributed by atoms with Crippen LogP contribution in [0.1, 0.15) is 52.2 Å². The monoisotopic (exact) mass is 447 g/mol. The maximum atomic E-state index is 11.7. The van der Waals surface area contributed by atoms with E-state index < -0.39 is 5.60 Å². The molecule has 1 unspecified atom stereocenters. The van der Waals surface area contributed by atoms with E-state index in [1.807, 2.05) is 27.7 Å². The van der Waals surface area contributed by atoms with Gasteiger partial charge in [0.05, 0.1) is 19.3 Å². The molecule has 8 heteroatoms. The quantitative estimate of drug-likeness (QED) is 0.307. The third kappa shape index (κ3) is 10.8. The summed E-state index contributed by atoms with van der Waals surface area (Å²) < 4.78 is 10.9. The Morgan fingerprint density at radius 2 is 1.97 bits per heavy atom. The molecule has 0 saturated carbocycles. The summed E-state index contributed by atoms with van der Waals surface area (Å²) in [7, 11) is 0. The Kier molecular flexibility index (Phi) is 10.8. The summed E-state index contributed by atoms with van der Waals surface area (Å²) in [6.07, 6.45) is 0.686. The number of aliphatic imine (C=N–C) groups is 1. The molecule has 0 spiro atoms. The number of hydrogen-bond donors (Lipinski definition) is 3. The predicted molar refractivity (Wildman–Crippen MR) is 129 cm³/mol. The van der Waals surface area contributed by atoms with E-state index in [1.54, 1.807) is 0 Å². The third-order valence-electron chi connectivity index (χ3n) is 4.80. The highest BCUT2D eigenvalue weighted by Crippen LogP contribution is 2.13. The second-order valence-electron chi connectivity index (χ2n) is 9.14. The van der Waals surface area contributed by atoms with Crippen LogP contribution in [0.25, 0.3) is 0 Å². The van der Waals surface area contributed by atoms with Gasteiger partial charge in [0.15, 0.2) is 5.96 Å². The van der Waals surface area contributed by atoms with Crippen molar-refractivity contribution in [3.8, 4) is 0 Å². The van der Waals surface area contributed by atoms with E-state index in [-0.39, 0.29) is 6.09 Å². The van der Waals surface area contributed by atoms with Gasteiger partial charge in [-0.2, -0.15) is 0 Å². The standard InChI is InChI=1S/C24H41N5O3/c1-6-25-22(26-11-8-12-27-23(30)32-24(3,4)5)28-16-20-9-7-10-21(15-20)18-29-13-14-31-19(2)17-29/h7,9-10,15,19H,6,8,11-14,16-18H2,1-5H3,(H,27,30)(H2,25,26,28). The number of carbonyl (C=O) groups is 1. The number of hydrogen-bond acceptors (Lipinski definition) is 5. The van der Waals surface area contributed by atoms with Crippen LogP contribution in [0.2, 0.25) is 0 Å². The van der Waals surface area contributed by atoms with Gasteiger partial charge in [0.25, 0.3) is 0 Å². The summed E-state index contributed by atoms with van der Waals surface area (Å²) in [4.78, 5) is 18.8. The lowest BCUT2D eigenvalue weighted by molar-refractivity contribution is -0.0212. The summed E-state index contributed by atoms with van der Waals surface area (Å²) in [6.45, 7) is 16.1. The van der Waals surface area contributed by atoms with Crippen LogP contribution in [0.5, 0.6) is 0 Å². The molecule has 32 heavy (non-hydrogen) atoms. The van der Waals surface area contributed by atoms with Crippen molar-refractivity contribution in [1.82, 2.24) is 20.9 Å². The van der Waals surface area contributed by atoms with Gasteiger partial charge in [0.2, 0.25) is 0 Å². The first-order valence-corrected chi connectivity index (χ1v) is 11.7. The Balaban J connectivity index is 1.77. The van der Waals surface area contributed by atoms with Gasteiger partial charge in [-0.05, 0) is 52.2 Å². The molecular formula is C24H41N5O3. The van der Waals surface area contributed by atoms with Crippen LogP contribution in [-0.2, 0) is 22.6 Å². The average molecular weight is 448 g/mol. The van der Waals surface area contributed by atoms with E-state index in [1.165, 1.54) is 11.1 Å². The molecule has 3 N–H and O–H groups in total. The Morgan fingerprint density at radius 1 is 1.22 bits per heavy atom. The van der Waals surface area contributed by atoms with Gasteiger partial charge in [-0.15, -0.1) is 0 Å². The van der Waals surface area contributed by atoms with E-state index in [2.05, 4.69) is 52.0 Å². The maximum absolute atomic E-state index is 11.7. The van der Waals surface area contributed by atoms with Crippen LogP contribution < -0.4 is 16.0 Å². The van der Waals surface area contributed by atoms with Crippen molar-refractivity contribution >= 4 is 12.1 Å². The van der Waals surface area contributed by atoms with Crippen LogP contribution in [0.3, 0.4) is 0 Å². The molecule has 1 heterocycles. The number of ether oxygens (including phenoxy) is 2. The van der Waals surface area contributed by atoms with Gasteiger partial charge in [-0.3, -0.25) is 4.90 Å². The number of benzene rings is 1. The number of nitrogens with zero attached hydrogens (tertiary/aromatic N) is 2. The minimum atomic E-state index is -0.481. The number of rotatable bonds is 9. The molecule has 0 bridgehead atoms. The first-order chi connectivity index (χ1) is 15.2. The zero-order chi connectivity index (χ0) is 23.4.